The van der Waals surface area contributed by atoms with Crippen LogP contribution in [0.3, 0.4) is 0 Å². The van der Waals surface area contributed by atoms with Crippen molar-refractivity contribution in [2.45, 2.75) is 72.2 Å². The van der Waals surface area contributed by atoms with E-state index in [4.69, 9.17) is 4.43 Å². The van der Waals surface area contributed by atoms with Crippen molar-refractivity contribution in [3.63, 3.8) is 0 Å². The van der Waals surface area contributed by atoms with E-state index in [2.05, 4.69) is 52.9 Å². The molecule has 0 bridgehead atoms. The van der Waals surface area contributed by atoms with E-state index in [1.54, 1.807) is 0 Å². The minimum atomic E-state index is -1.86. The summed E-state index contributed by atoms with van der Waals surface area (Å²) >= 11 is 0. The third-order valence-corrected chi connectivity index (χ3v) is 8.95. The summed E-state index contributed by atoms with van der Waals surface area (Å²) in [6.45, 7) is 17.4. The molecular weight excluding hydrogens is 276 g/mol. The molecule has 21 heavy (non-hydrogen) atoms. The molecule has 2 nitrogen and oxygen atoms in total. The van der Waals surface area contributed by atoms with Crippen LogP contribution in [0.4, 0.5) is 0 Å². The number of rotatable bonds is 8. The third kappa shape index (κ3) is 6.75. The summed E-state index contributed by atoms with van der Waals surface area (Å²) in [7, 11) is -1.86. The lowest BCUT2D eigenvalue weighted by Gasteiger charge is -2.42. The SMILES string of the molecule is CC=CC=CCC(C)C(O[Si](C)(C)C(C)(C)C)C(C)C=O. The number of aldehydes is 1. The second-order valence-corrected chi connectivity index (χ2v) is 12.3. The molecule has 0 amide bonds. The van der Waals surface area contributed by atoms with Gasteiger partial charge in [0.15, 0.2) is 8.32 Å². The first-order valence-electron chi connectivity index (χ1n) is 7.97. The molecule has 0 aliphatic heterocycles. The molecule has 3 atom stereocenters. The molecule has 0 heterocycles. The van der Waals surface area contributed by atoms with Crippen LogP contribution in [0, 0.1) is 11.8 Å². The summed E-state index contributed by atoms with van der Waals surface area (Å²) < 4.78 is 6.53. The smallest absolute Gasteiger partial charge is 0.192 e. The van der Waals surface area contributed by atoms with E-state index in [0.717, 1.165) is 12.7 Å². The molecule has 0 aromatic rings. The Morgan fingerprint density at radius 2 is 1.71 bits per heavy atom. The van der Waals surface area contributed by atoms with E-state index in [-0.39, 0.29) is 17.1 Å². The number of carbonyl (C=O) groups is 1. The zero-order valence-corrected chi connectivity index (χ0v) is 16.1. The highest BCUT2D eigenvalue weighted by Gasteiger charge is 2.41. The average Bonchev–Trinajstić information content (AvgIpc) is 2.38. The van der Waals surface area contributed by atoms with E-state index in [1.807, 2.05) is 26.0 Å². The number of hydrogen-bond acceptors (Lipinski definition) is 2. The molecule has 3 heteroatoms. The second-order valence-electron chi connectivity index (χ2n) is 7.50. The van der Waals surface area contributed by atoms with Crippen LogP contribution in [0.2, 0.25) is 18.1 Å². The van der Waals surface area contributed by atoms with Crippen molar-refractivity contribution >= 4 is 14.6 Å². The Kier molecular flexibility index (Phi) is 8.41. The quantitative estimate of drug-likeness (QED) is 0.342. The molecule has 0 aliphatic rings. The van der Waals surface area contributed by atoms with Gasteiger partial charge in [-0.1, -0.05) is 58.9 Å². The van der Waals surface area contributed by atoms with Crippen LogP contribution in [-0.4, -0.2) is 20.7 Å². The van der Waals surface area contributed by atoms with E-state index in [1.165, 1.54) is 0 Å². The predicted molar refractivity (Wildman–Crippen MR) is 95.0 cm³/mol. The van der Waals surface area contributed by atoms with Gasteiger partial charge in [0.05, 0.1) is 6.10 Å². The van der Waals surface area contributed by atoms with Crippen LogP contribution >= 0.6 is 0 Å². The summed E-state index contributed by atoms with van der Waals surface area (Å²) in [5.74, 6) is 0.269. The lowest BCUT2D eigenvalue weighted by molar-refractivity contribution is -0.114. The highest BCUT2D eigenvalue weighted by atomic mass is 28.4. The Balaban J connectivity index is 5.00. The standard InChI is InChI=1S/C18H34O2Si/c1-9-10-11-12-13-15(2)17(16(3)14-19)20-21(7,8)18(4,5)6/h9-12,14-17H,13H2,1-8H3. The van der Waals surface area contributed by atoms with Gasteiger partial charge in [-0.15, -0.1) is 0 Å². The number of allylic oxidation sites excluding steroid dienone is 4. The van der Waals surface area contributed by atoms with Crippen LogP contribution in [0.15, 0.2) is 24.3 Å². The van der Waals surface area contributed by atoms with E-state index < -0.39 is 8.32 Å². The van der Waals surface area contributed by atoms with Crippen LogP contribution in [0.1, 0.15) is 48.0 Å². The molecule has 0 saturated carbocycles. The van der Waals surface area contributed by atoms with Gasteiger partial charge in [-0.05, 0) is 37.4 Å². The van der Waals surface area contributed by atoms with Crippen molar-refractivity contribution in [3.8, 4) is 0 Å². The summed E-state index contributed by atoms with van der Waals surface area (Å²) in [5.41, 5.74) is 0. The van der Waals surface area contributed by atoms with E-state index in [9.17, 15) is 4.79 Å². The van der Waals surface area contributed by atoms with Crippen molar-refractivity contribution in [3.05, 3.63) is 24.3 Å². The number of hydrogen-bond donors (Lipinski definition) is 0. The molecule has 0 rings (SSSR count). The monoisotopic (exact) mass is 310 g/mol. The molecule has 0 aromatic carbocycles. The summed E-state index contributed by atoms with van der Waals surface area (Å²) in [6.07, 6.45) is 10.2. The van der Waals surface area contributed by atoms with Crippen LogP contribution in [0.25, 0.3) is 0 Å². The highest BCUT2D eigenvalue weighted by molar-refractivity contribution is 6.74. The second kappa shape index (κ2) is 8.69. The summed E-state index contributed by atoms with van der Waals surface area (Å²) in [6, 6.07) is 0. The van der Waals surface area contributed by atoms with E-state index in [0.29, 0.717) is 5.92 Å². The van der Waals surface area contributed by atoms with Gasteiger partial charge in [-0.25, -0.2) is 0 Å². The van der Waals surface area contributed by atoms with Gasteiger partial charge in [0.1, 0.15) is 6.29 Å². The van der Waals surface area contributed by atoms with Crippen LogP contribution < -0.4 is 0 Å². The van der Waals surface area contributed by atoms with E-state index >= 15 is 0 Å². The highest BCUT2D eigenvalue weighted by Crippen LogP contribution is 2.39. The lowest BCUT2D eigenvalue weighted by Crippen LogP contribution is -2.47. The molecule has 0 spiro atoms. The Morgan fingerprint density at radius 3 is 2.14 bits per heavy atom. The van der Waals surface area contributed by atoms with Gasteiger partial charge in [-0.2, -0.15) is 0 Å². The Bertz CT molecular complexity index is 364. The minimum Gasteiger partial charge on any atom is -0.413 e. The van der Waals surface area contributed by atoms with Gasteiger partial charge in [0.2, 0.25) is 0 Å². The van der Waals surface area contributed by atoms with Crippen LogP contribution in [0.5, 0.6) is 0 Å². The molecule has 0 fully saturated rings. The zero-order valence-electron chi connectivity index (χ0n) is 15.1. The molecular formula is C18H34O2Si. The summed E-state index contributed by atoms with van der Waals surface area (Å²) in [5, 5.41) is 0.161. The molecule has 0 aliphatic carbocycles. The first-order chi connectivity index (χ1) is 9.56. The maximum Gasteiger partial charge on any atom is 0.192 e. The fourth-order valence-corrected chi connectivity index (χ4v) is 3.43. The Labute approximate surface area is 132 Å². The maximum absolute atomic E-state index is 11.3. The van der Waals surface area contributed by atoms with Crippen molar-refractivity contribution in [2.75, 3.05) is 0 Å². The minimum absolute atomic E-state index is 0.00125. The van der Waals surface area contributed by atoms with Crippen molar-refractivity contribution < 1.29 is 9.22 Å². The molecule has 0 radical (unpaired) electrons. The normalized spacial score (nSPS) is 18.1. The fourth-order valence-electron chi connectivity index (χ4n) is 1.95. The van der Waals surface area contributed by atoms with Gasteiger partial charge in [0, 0.05) is 5.92 Å². The third-order valence-electron chi connectivity index (χ3n) is 4.48. The molecule has 122 valence electrons. The van der Waals surface area contributed by atoms with Gasteiger partial charge >= 0.3 is 0 Å². The molecule has 3 unspecified atom stereocenters. The number of carbonyl (C=O) groups excluding carboxylic acids is 1. The predicted octanol–water partition coefficient (Wildman–Crippen LogP) is 5.37. The maximum atomic E-state index is 11.3. The first-order valence-corrected chi connectivity index (χ1v) is 10.9. The van der Waals surface area contributed by atoms with Crippen molar-refractivity contribution in [1.82, 2.24) is 0 Å². The van der Waals surface area contributed by atoms with Gasteiger partial charge < -0.3 is 9.22 Å². The zero-order chi connectivity index (χ0) is 16.7. The van der Waals surface area contributed by atoms with Gasteiger partial charge in [-0.3, -0.25) is 0 Å². The first kappa shape index (κ1) is 20.3. The molecule has 0 N–H and O–H groups in total. The average molecular weight is 311 g/mol. The summed E-state index contributed by atoms with van der Waals surface area (Å²) in [4.78, 5) is 11.3. The largest absolute Gasteiger partial charge is 0.413 e. The fraction of sp³-hybridized carbons (Fsp3) is 0.722. The topological polar surface area (TPSA) is 26.3 Å². The lowest BCUT2D eigenvalue weighted by atomic mass is 9.92. The van der Waals surface area contributed by atoms with Crippen molar-refractivity contribution in [2.24, 2.45) is 11.8 Å². The molecule has 0 saturated heterocycles. The Hall–Kier alpha value is -0.673. The van der Waals surface area contributed by atoms with Crippen LogP contribution in [-0.2, 0) is 9.22 Å². The Morgan fingerprint density at radius 1 is 1.14 bits per heavy atom. The van der Waals surface area contributed by atoms with Crippen molar-refractivity contribution in [1.29, 1.82) is 0 Å². The molecule has 0 aromatic heterocycles. The van der Waals surface area contributed by atoms with Gasteiger partial charge in [0.25, 0.3) is 0 Å².